The van der Waals surface area contributed by atoms with Gasteiger partial charge in [0.1, 0.15) is 0 Å². The highest BCUT2D eigenvalue weighted by Gasteiger charge is 2.14. The molecule has 0 aromatic rings. The molecule has 0 bridgehead atoms. The standard InChI is InChI=1S/C11H19N3O2/c1-3-5-7-14(9-10(12)15)11(16)8-13-6-4-2/h2,13H,3,5-9H2,1H3,(H2,12,15). The first-order valence-corrected chi connectivity index (χ1v) is 5.32. The second kappa shape index (κ2) is 8.74. The van der Waals surface area contributed by atoms with Gasteiger partial charge in [0.05, 0.1) is 19.6 Å². The quantitative estimate of drug-likeness (QED) is 0.424. The third-order valence-corrected chi connectivity index (χ3v) is 1.98. The molecule has 0 spiro atoms. The van der Waals surface area contributed by atoms with Crippen LogP contribution in [-0.2, 0) is 9.59 Å². The van der Waals surface area contributed by atoms with Gasteiger partial charge in [0.15, 0.2) is 0 Å². The highest BCUT2D eigenvalue weighted by molar-refractivity contribution is 5.84. The molecule has 0 aliphatic carbocycles. The molecule has 0 radical (unpaired) electrons. The highest BCUT2D eigenvalue weighted by Crippen LogP contribution is 1.95. The van der Waals surface area contributed by atoms with Gasteiger partial charge >= 0.3 is 0 Å². The minimum Gasteiger partial charge on any atom is -0.368 e. The first-order chi connectivity index (χ1) is 7.61. The first-order valence-electron chi connectivity index (χ1n) is 5.32. The molecule has 0 aliphatic rings. The Labute approximate surface area is 96.4 Å². The van der Waals surface area contributed by atoms with E-state index in [9.17, 15) is 9.59 Å². The zero-order valence-electron chi connectivity index (χ0n) is 9.66. The van der Waals surface area contributed by atoms with Crippen molar-refractivity contribution in [1.82, 2.24) is 10.2 Å². The molecule has 0 aromatic heterocycles. The maximum absolute atomic E-state index is 11.6. The van der Waals surface area contributed by atoms with E-state index in [1.165, 1.54) is 4.90 Å². The summed E-state index contributed by atoms with van der Waals surface area (Å²) in [5.74, 6) is 1.72. The van der Waals surface area contributed by atoms with Gasteiger partial charge < -0.3 is 10.6 Å². The zero-order valence-corrected chi connectivity index (χ0v) is 9.66. The molecule has 5 nitrogen and oxygen atoms in total. The topological polar surface area (TPSA) is 75.4 Å². The summed E-state index contributed by atoms with van der Waals surface area (Å²) in [7, 11) is 0. The van der Waals surface area contributed by atoms with Gasteiger partial charge in [-0.05, 0) is 6.42 Å². The van der Waals surface area contributed by atoms with Crippen LogP contribution in [0.15, 0.2) is 0 Å². The Balaban J connectivity index is 4.10. The Hall–Kier alpha value is -1.54. The Bertz CT molecular complexity index is 271. The summed E-state index contributed by atoms with van der Waals surface area (Å²) in [6, 6.07) is 0. The zero-order chi connectivity index (χ0) is 12.4. The second-order valence-electron chi connectivity index (χ2n) is 3.44. The predicted molar refractivity (Wildman–Crippen MR) is 62.4 cm³/mol. The number of hydrogen-bond acceptors (Lipinski definition) is 3. The van der Waals surface area contributed by atoms with E-state index in [1.54, 1.807) is 0 Å². The largest absolute Gasteiger partial charge is 0.368 e. The molecule has 90 valence electrons. The summed E-state index contributed by atoms with van der Waals surface area (Å²) >= 11 is 0. The van der Waals surface area contributed by atoms with Crippen molar-refractivity contribution in [2.45, 2.75) is 19.8 Å². The SMILES string of the molecule is C#CCNCC(=O)N(CCCC)CC(N)=O. The lowest BCUT2D eigenvalue weighted by Crippen LogP contribution is -2.43. The van der Waals surface area contributed by atoms with E-state index in [-0.39, 0.29) is 19.0 Å². The smallest absolute Gasteiger partial charge is 0.237 e. The van der Waals surface area contributed by atoms with Crippen LogP contribution >= 0.6 is 0 Å². The van der Waals surface area contributed by atoms with Crippen molar-refractivity contribution in [3.8, 4) is 12.3 Å². The molecule has 5 heteroatoms. The molecule has 2 amide bonds. The van der Waals surface area contributed by atoms with E-state index in [0.29, 0.717) is 13.1 Å². The fraction of sp³-hybridized carbons (Fsp3) is 0.636. The van der Waals surface area contributed by atoms with Crippen molar-refractivity contribution in [2.24, 2.45) is 5.73 Å². The number of carbonyl (C=O) groups excluding carboxylic acids is 2. The fourth-order valence-corrected chi connectivity index (χ4v) is 1.18. The third-order valence-electron chi connectivity index (χ3n) is 1.98. The number of hydrogen-bond donors (Lipinski definition) is 2. The van der Waals surface area contributed by atoms with Crippen molar-refractivity contribution in [1.29, 1.82) is 0 Å². The molecular weight excluding hydrogens is 206 g/mol. The Morgan fingerprint density at radius 2 is 2.19 bits per heavy atom. The van der Waals surface area contributed by atoms with Gasteiger partial charge in [0, 0.05) is 6.54 Å². The highest BCUT2D eigenvalue weighted by atomic mass is 16.2. The Kier molecular flexibility index (Phi) is 7.90. The molecule has 0 saturated heterocycles. The number of nitrogens with one attached hydrogen (secondary N) is 1. The van der Waals surface area contributed by atoms with Crippen molar-refractivity contribution >= 4 is 11.8 Å². The third kappa shape index (κ3) is 6.85. The molecular formula is C11H19N3O2. The lowest BCUT2D eigenvalue weighted by atomic mass is 10.3. The van der Waals surface area contributed by atoms with Crippen LogP contribution < -0.4 is 11.1 Å². The normalized spacial score (nSPS) is 9.50. The monoisotopic (exact) mass is 225 g/mol. The summed E-state index contributed by atoms with van der Waals surface area (Å²) in [6.45, 7) is 3.02. The van der Waals surface area contributed by atoms with Crippen LogP contribution in [0, 0.1) is 12.3 Å². The number of nitrogens with zero attached hydrogens (tertiary/aromatic N) is 1. The van der Waals surface area contributed by atoms with Crippen molar-refractivity contribution in [2.75, 3.05) is 26.2 Å². The van der Waals surface area contributed by atoms with Crippen LogP contribution in [0.25, 0.3) is 0 Å². The Morgan fingerprint density at radius 1 is 1.50 bits per heavy atom. The number of carbonyl (C=O) groups is 2. The van der Waals surface area contributed by atoms with Crippen molar-refractivity contribution < 1.29 is 9.59 Å². The number of unbranched alkanes of at least 4 members (excludes halogenated alkanes) is 1. The fourth-order valence-electron chi connectivity index (χ4n) is 1.18. The molecule has 0 heterocycles. The molecule has 0 atom stereocenters. The van der Waals surface area contributed by atoms with Crippen molar-refractivity contribution in [3.05, 3.63) is 0 Å². The van der Waals surface area contributed by atoms with Gasteiger partial charge in [0.2, 0.25) is 11.8 Å². The van der Waals surface area contributed by atoms with Crippen molar-refractivity contribution in [3.63, 3.8) is 0 Å². The molecule has 16 heavy (non-hydrogen) atoms. The van der Waals surface area contributed by atoms with E-state index in [2.05, 4.69) is 11.2 Å². The molecule has 0 aromatic carbocycles. The van der Waals surface area contributed by atoms with Crippen LogP contribution in [0.3, 0.4) is 0 Å². The number of nitrogens with two attached hydrogens (primary N) is 1. The van der Waals surface area contributed by atoms with E-state index in [4.69, 9.17) is 12.2 Å². The van der Waals surface area contributed by atoms with Crippen LogP contribution in [0.4, 0.5) is 0 Å². The van der Waals surface area contributed by atoms with Crippen LogP contribution in [0.2, 0.25) is 0 Å². The van der Waals surface area contributed by atoms with Gasteiger partial charge in [-0.3, -0.25) is 14.9 Å². The summed E-state index contributed by atoms with van der Waals surface area (Å²) < 4.78 is 0. The minimum atomic E-state index is -0.499. The lowest BCUT2D eigenvalue weighted by Gasteiger charge is -2.20. The van der Waals surface area contributed by atoms with Gasteiger partial charge in [-0.25, -0.2) is 0 Å². The average molecular weight is 225 g/mol. The Morgan fingerprint density at radius 3 is 2.69 bits per heavy atom. The molecule has 0 fully saturated rings. The van der Waals surface area contributed by atoms with Crippen LogP contribution in [-0.4, -0.2) is 42.9 Å². The maximum atomic E-state index is 11.6. The molecule has 3 N–H and O–H groups in total. The van der Waals surface area contributed by atoms with E-state index in [0.717, 1.165) is 12.8 Å². The predicted octanol–water partition coefficient (Wildman–Crippen LogP) is -0.677. The van der Waals surface area contributed by atoms with E-state index < -0.39 is 5.91 Å². The minimum absolute atomic E-state index is 0.0312. The maximum Gasteiger partial charge on any atom is 0.237 e. The number of primary amides is 1. The summed E-state index contributed by atoms with van der Waals surface area (Å²) in [5.41, 5.74) is 5.07. The lowest BCUT2D eigenvalue weighted by molar-refractivity contribution is -0.134. The first kappa shape index (κ1) is 14.5. The average Bonchev–Trinajstić information content (AvgIpc) is 2.23. The van der Waals surface area contributed by atoms with E-state index in [1.807, 2.05) is 6.92 Å². The van der Waals surface area contributed by atoms with Gasteiger partial charge in [0.25, 0.3) is 0 Å². The second-order valence-corrected chi connectivity index (χ2v) is 3.44. The summed E-state index contributed by atoms with van der Waals surface area (Å²) in [5, 5.41) is 2.79. The number of amides is 2. The number of rotatable bonds is 8. The van der Waals surface area contributed by atoms with Gasteiger partial charge in [-0.15, -0.1) is 6.42 Å². The van der Waals surface area contributed by atoms with Gasteiger partial charge in [-0.2, -0.15) is 0 Å². The van der Waals surface area contributed by atoms with E-state index >= 15 is 0 Å². The van der Waals surface area contributed by atoms with Gasteiger partial charge in [-0.1, -0.05) is 19.3 Å². The summed E-state index contributed by atoms with van der Waals surface area (Å²) in [4.78, 5) is 23.9. The molecule has 0 unspecified atom stereocenters. The van der Waals surface area contributed by atoms with Crippen LogP contribution in [0.5, 0.6) is 0 Å². The number of terminal acetylenes is 1. The van der Waals surface area contributed by atoms with Crippen LogP contribution in [0.1, 0.15) is 19.8 Å². The molecule has 0 aliphatic heterocycles. The molecule has 0 rings (SSSR count). The summed E-state index contributed by atoms with van der Waals surface area (Å²) in [6.07, 6.45) is 6.85. The molecule has 0 saturated carbocycles.